The number of hydrogen-bond acceptors (Lipinski definition) is 4. The molecule has 2 heterocycles. The summed E-state index contributed by atoms with van der Waals surface area (Å²) in [5.41, 5.74) is 1.28. The minimum atomic E-state index is 0.138. The van der Waals surface area contributed by atoms with Gasteiger partial charge in [0.2, 0.25) is 5.91 Å². The lowest BCUT2D eigenvalue weighted by atomic mass is 9.92. The Morgan fingerprint density at radius 1 is 1.32 bits per heavy atom. The Morgan fingerprint density at radius 3 is 2.80 bits per heavy atom. The van der Waals surface area contributed by atoms with Crippen LogP contribution in [-0.4, -0.2) is 62.3 Å². The molecule has 2 fully saturated rings. The molecule has 0 radical (unpaired) electrons. The van der Waals surface area contributed by atoms with Gasteiger partial charge in [0, 0.05) is 37.6 Å². The zero-order valence-corrected chi connectivity index (χ0v) is 15.2. The third-order valence-electron chi connectivity index (χ3n) is 5.25. The van der Waals surface area contributed by atoms with Crippen molar-refractivity contribution in [2.75, 3.05) is 39.4 Å². The molecule has 0 aliphatic carbocycles. The molecule has 1 aromatic carbocycles. The van der Waals surface area contributed by atoms with Gasteiger partial charge in [0.1, 0.15) is 0 Å². The summed E-state index contributed by atoms with van der Waals surface area (Å²) in [6.07, 6.45) is 2.75. The molecule has 2 aliphatic rings. The molecule has 1 aromatic rings. The van der Waals surface area contributed by atoms with Crippen LogP contribution in [0, 0.1) is 5.92 Å². The number of piperidine rings is 1. The number of amides is 1. The summed E-state index contributed by atoms with van der Waals surface area (Å²) in [6.45, 7) is 7.47. The first kappa shape index (κ1) is 18.4. The zero-order valence-electron chi connectivity index (χ0n) is 15.2. The topological polar surface area (TPSA) is 53.6 Å². The van der Waals surface area contributed by atoms with Gasteiger partial charge in [-0.25, -0.2) is 0 Å². The second-order valence-electron chi connectivity index (χ2n) is 7.38. The van der Waals surface area contributed by atoms with Gasteiger partial charge < -0.3 is 15.4 Å². The van der Waals surface area contributed by atoms with Gasteiger partial charge in [0.15, 0.2) is 0 Å². The van der Waals surface area contributed by atoms with Gasteiger partial charge in [-0.1, -0.05) is 30.3 Å². The van der Waals surface area contributed by atoms with Crippen LogP contribution in [0.4, 0.5) is 0 Å². The first-order valence-electron chi connectivity index (χ1n) is 9.58. The fourth-order valence-corrected chi connectivity index (χ4v) is 3.84. The number of nitrogens with zero attached hydrogens (tertiary/aromatic N) is 1. The molecule has 25 heavy (non-hydrogen) atoms. The minimum Gasteiger partial charge on any atom is -0.379 e. The van der Waals surface area contributed by atoms with Crippen LogP contribution >= 0.6 is 0 Å². The maximum Gasteiger partial charge on any atom is 0.223 e. The highest BCUT2D eigenvalue weighted by molar-refractivity contribution is 5.79. The molecule has 5 nitrogen and oxygen atoms in total. The van der Waals surface area contributed by atoms with Crippen molar-refractivity contribution in [3.63, 3.8) is 0 Å². The quantitative estimate of drug-likeness (QED) is 0.819. The van der Waals surface area contributed by atoms with Crippen LogP contribution in [0.3, 0.4) is 0 Å². The predicted octanol–water partition coefficient (Wildman–Crippen LogP) is 1.43. The number of hydrogen-bond donors (Lipinski definition) is 2. The van der Waals surface area contributed by atoms with Crippen LogP contribution in [0.15, 0.2) is 30.3 Å². The van der Waals surface area contributed by atoms with E-state index in [1.54, 1.807) is 0 Å². The summed E-state index contributed by atoms with van der Waals surface area (Å²) in [6, 6.07) is 11.0. The fourth-order valence-electron chi connectivity index (χ4n) is 3.84. The van der Waals surface area contributed by atoms with Gasteiger partial charge in [0.25, 0.3) is 0 Å². The molecule has 2 N–H and O–H groups in total. The monoisotopic (exact) mass is 345 g/mol. The van der Waals surface area contributed by atoms with E-state index in [1.165, 1.54) is 5.56 Å². The van der Waals surface area contributed by atoms with Crippen molar-refractivity contribution >= 4 is 5.91 Å². The van der Waals surface area contributed by atoms with E-state index < -0.39 is 0 Å². The molecule has 0 bridgehead atoms. The Kier molecular flexibility index (Phi) is 6.84. The molecule has 0 aromatic heterocycles. The number of carbonyl (C=O) groups excluding carboxylic acids is 1. The van der Waals surface area contributed by atoms with Gasteiger partial charge in [-0.05, 0) is 38.3 Å². The van der Waals surface area contributed by atoms with Crippen LogP contribution in [0.25, 0.3) is 0 Å². The Morgan fingerprint density at radius 2 is 2.08 bits per heavy atom. The molecule has 0 spiro atoms. The average Bonchev–Trinajstić information content (AvgIpc) is 2.63. The molecule has 5 heteroatoms. The number of benzene rings is 1. The normalized spacial score (nSPS) is 26.1. The van der Waals surface area contributed by atoms with Crippen molar-refractivity contribution in [2.24, 2.45) is 5.92 Å². The van der Waals surface area contributed by atoms with Gasteiger partial charge in [-0.2, -0.15) is 0 Å². The molecule has 2 saturated heterocycles. The van der Waals surface area contributed by atoms with Crippen molar-refractivity contribution in [1.29, 1.82) is 0 Å². The smallest absolute Gasteiger partial charge is 0.223 e. The Labute approximate surface area is 151 Å². The van der Waals surface area contributed by atoms with Crippen molar-refractivity contribution in [1.82, 2.24) is 15.5 Å². The lowest BCUT2D eigenvalue weighted by molar-refractivity contribution is -0.127. The first-order valence-corrected chi connectivity index (χ1v) is 9.58. The van der Waals surface area contributed by atoms with Crippen molar-refractivity contribution < 1.29 is 9.53 Å². The molecule has 3 rings (SSSR count). The molecule has 138 valence electrons. The number of ether oxygens (including phenoxy) is 1. The van der Waals surface area contributed by atoms with E-state index in [2.05, 4.69) is 46.7 Å². The summed E-state index contributed by atoms with van der Waals surface area (Å²) in [4.78, 5) is 15.2. The largest absolute Gasteiger partial charge is 0.379 e. The molecule has 1 unspecified atom stereocenters. The summed E-state index contributed by atoms with van der Waals surface area (Å²) >= 11 is 0. The molecule has 2 aliphatic heterocycles. The predicted molar refractivity (Wildman–Crippen MR) is 99.5 cm³/mol. The van der Waals surface area contributed by atoms with E-state index in [0.29, 0.717) is 6.04 Å². The maximum atomic E-state index is 12.8. The summed E-state index contributed by atoms with van der Waals surface area (Å²) in [5.74, 6) is 0.363. The highest BCUT2D eigenvalue weighted by Crippen LogP contribution is 2.17. The standard InChI is InChI=1S/C20H31N3O2/c1-16-13-18(7-8-21-16)20(24)22-19(14-17-5-3-2-4-6-17)15-23-9-11-25-12-10-23/h2-6,16,18-19,21H,7-15H2,1H3,(H,22,24)/t16-,18-,19?/m0/s1. The van der Waals surface area contributed by atoms with Crippen LogP contribution in [0.1, 0.15) is 25.3 Å². The zero-order chi connectivity index (χ0) is 17.5. The van der Waals surface area contributed by atoms with E-state index in [1.807, 2.05) is 6.07 Å². The minimum absolute atomic E-state index is 0.138. The third-order valence-corrected chi connectivity index (χ3v) is 5.25. The van der Waals surface area contributed by atoms with E-state index in [-0.39, 0.29) is 17.9 Å². The van der Waals surface area contributed by atoms with E-state index >= 15 is 0 Å². The fraction of sp³-hybridized carbons (Fsp3) is 0.650. The molecule has 3 atom stereocenters. The number of nitrogens with one attached hydrogen (secondary N) is 2. The maximum absolute atomic E-state index is 12.8. The van der Waals surface area contributed by atoms with Crippen molar-refractivity contribution in [3.05, 3.63) is 35.9 Å². The lowest BCUT2D eigenvalue weighted by Gasteiger charge is -2.33. The van der Waals surface area contributed by atoms with E-state index in [9.17, 15) is 4.79 Å². The van der Waals surface area contributed by atoms with Crippen LogP contribution in [0.5, 0.6) is 0 Å². The number of rotatable bonds is 6. The highest BCUT2D eigenvalue weighted by atomic mass is 16.5. The van der Waals surface area contributed by atoms with Gasteiger partial charge >= 0.3 is 0 Å². The van der Waals surface area contributed by atoms with Crippen molar-refractivity contribution in [3.8, 4) is 0 Å². The first-order chi connectivity index (χ1) is 12.2. The Hall–Kier alpha value is -1.43. The summed E-state index contributed by atoms with van der Waals surface area (Å²) in [7, 11) is 0. The summed E-state index contributed by atoms with van der Waals surface area (Å²) < 4.78 is 5.45. The van der Waals surface area contributed by atoms with Crippen LogP contribution in [0.2, 0.25) is 0 Å². The molecular weight excluding hydrogens is 314 g/mol. The third kappa shape index (κ3) is 5.80. The van der Waals surface area contributed by atoms with E-state index in [0.717, 1.165) is 58.7 Å². The Bertz CT molecular complexity index is 531. The Balaban J connectivity index is 1.61. The van der Waals surface area contributed by atoms with Gasteiger partial charge in [-0.3, -0.25) is 9.69 Å². The number of morpholine rings is 1. The lowest BCUT2D eigenvalue weighted by Crippen LogP contribution is -2.51. The number of carbonyl (C=O) groups is 1. The summed E-state index contributed by atoms with van der Waals surface area (Å²) in [5, 5.41) is 6.78. The van der Waals surface area contributed by atoms with Gasteiger partial charge in [-0.15, -0.1) is 0 Å². The van der Waals surface area contributed by atoms with Crippen LogP contribution in [-0.2, 0) is 16.0 Å². The second kappa shape index (κ2) is 9.32. The highest BCUT2D eigenvalue weighted by Gasteiger charge is 2.27. The molecule has 0 saturated carbocycles. The molecule has 1 amide bonds. The average molecular weight is 345 g/mol. The van der Waals surface area contributed by atoms with Crippen molar-refractivity contribution in [2.45, 2.75) is 38.3 Å². The van der Waals surface area contributed by atoms with Gasteiger partial charge in [0.05, 0.1) is 13.2 Å². The SMILES string of the molecule is C[C@H]1C[C@@H](C(=O)NC(Cc2ccccc2)CN2CCOCC2)CCN1. The van der Waals surface area contributed by atoms with Crippen LogP contribution < -0.4 is 10.6 Å². The van der Waals surface area contributed by atoms with E-state index in [4.69, 9.17) is 4.74 Å². The second-order valence-corrected chi connectivity index (χ2v) is 7.38. The molecular formula is C20H31N3O2.